The van der Waals surface area contributed by atoms with Gasteiger partial charge < -0.3 is 10.6 Å². The minimum absolute atomic E-state index is 0. The summed E-state index contributed by atoms with van der Waals surface area (Å²) in [5, 5.41) is 7.37. The van der Waals surface area contributed by atoms with Gasteiger partial charge in [-0.05, 0) is 63.0 Å². The van der Waals surface area contributed by atoms with Crippen LogP contribution in [-0.2, 0) is 20.7 Å². The molecule has 2 aliphatic rings. The molecule has 2 N–H and O–H groups in total. The minimum atomic E-state index is -1.79. The highest BCUT2D eigenvalue weighted by Crippen LogP contribution is 2.38. The summed E-state index contributed by atoms with van der Waals surface area (Å²) in [6, 6.07) is 14.8. The van der Waals surface area contributed by atoms with Gasteiger partial charge in [0.2, 0.25) is 0 Å². The van der Waals surface area contributed by atoms with Crippen molar-refractivity contribution in [3.63, 3.8) is 0 Å². The Bertz CT molecular complexity index is 1060. The molecule has 0 amide bonds. The molecule has 0 spiro atoms. The van der Waals surface area contributed by atoms with Crippen molar-refractivity contribution in [2.75, 3.05) is 14.1 Å². The quantitative estimate of drug-likeness (QED) is 0.409. The van der Waals surface area contributed by atoms with Gasteiger partial charge in [0.15, 0.2) is 11.6 Å². The van der Waals surface area contributed by atoms with Crippen LogP contribution in [0.4, 0.5) is 0 Å². The first kappa shape index (κ1) is 30.1. The number of carbonyl (C=O) groups excluding carboxylic acids is 2. The number of Topliss-reactive ketones (excluding diaryl/α,β-unsaturated/α-hetero) is 2. The Labute approximate surface area is 235 Å². The summed E-state index contributed by atoms with van der Waals surface area (Å²) in [4.78, 5) is 24.6. The summed E-state index contributed by atoms with van der Waals surface area (Å²) in [5.74, 6) is -0.161. The van der Waals surface area contributed by atoms with E-state index in [1.807, 2.05) is 37.4 Å². The lowest BCUT2D eigenvalue weighted by Crippen LogP contribution is -2.49. The van der Waals surface area contributed by atoms with Crippen molar-refractivity contribution in [3.8, 4) is 0 Å². The average Bonchev–Trinajstić information content (AvgIpc) is 2.83. The maximum Gasteiger partial charge on any atom is 0.157 e. The molecule has 0 aromatic heterocycles. The summed E-state index contributed by atoms with van der Waals surface area (Å²) < 4.78 is 15.7. The number of benzene rings is 2. The summed E-state index contributed by atoms with van der Waals surface area (Å²) in [6.45, 7) is 0. The van der Waals surface area contributed by atoms with Crippen molar-refractivity contribution in [2.24, 2.45) is 0 Å². The SMILES string of the molecule is C.CNC1(c2ccccc2Cl)CCCCC1=O.Cl.Cl.[2H]C1([2H])CCCC(NC)(c2ccccc2Cl)C1=O. The van der Waals surface area contributed by atoms with Crippen molar-refractivity contribution in [1.82, 2.24) is 10.6 Å². The molecule has 2 saturated carbocycles. The van der Waals surface area contributed by atoms with Crippen LogP contribution in [0.15, 0.2) is 48.5 Å². The van der Waals surface area contributed by atoms with Crippen LogP contribution in [0.25, 0.3) is 0 Å². The van der Waals surface area contributed by atoms with Gasteiger partial charge in [-0.25, -0.2) is 0 Å². The van der Waals surface area contributed by atoms with E-state index >= 15 is 0 Å². The molecular formula is C27H38Cl4N2O2. The lowest BCUT2D eigenvalue weighted by molar-refractivity contribution is -0.128. The van der Waals surface area contributed by atoms with E-state index in [0.29, 0.717) is 34.9 Å². The Balaban J connectivity index is 0.000000651. The fraction of sp³-hybridized carbons (Fsp3) is 0.481. The highest BCUT2D eigenvalue weighted by molar-refractivity contribution is 6.32. The molecule has 2 unspecified atom stereocenters. The molecule has 4 nitrogen and oxygen atoms in total. The summed E-state index contributed by atoms with van der Waals surface area (Å²) in [6.07, 6.45) is 3.26. The van der Waals surface area contributed by atoms with Gasteiger partial charge >= 0.3 is 0 Å². The predicted molar refractivity (Wildman–Crippen MR) is 153 cm³/mol. The predicted octanol–water partition coefficient (Wildman–Crippen LogP) is 7.28. The molecule has 2 fully saturated rings. The Hall–Kier alpha value is -1.14. The molecule has 2 aromatic carbocycles. The van der Waals surface area contributed by atoms with E-state index in [9.17, 15) is 9.59 Å². The first-order valence-electron chi connectivity index (χ1n) is 12.1. The van der Waals surface area contributed by atoms with Gasteiger partial charge in [0.25, 0.3) is 0 Å². The fourth-order valence-electron chi connectivity index (χ4n) is 4.78. The molecule has 196 valence electrons. The van der Waals surface area contributed by atoms with Crippen LogP contribution in [0.5, 0.6) is 0 Å². The molecular weight excluding hydrogens is 526 g/mol. The number of halogens is 4. The second-order valence-electron chi connectivity index (χ2n) is 8.26. The highest BCUT2D eigenvalue weighted by atomic mass is 35.5. The Morgan fingerprint density at radius 1 is 0.743 bits per heavy atom. The Morgan fingerprint density at radius 3 is 1.60 bits per heavy atom. The van der Waals surface area contributed by atoms with E-state index in [0.717, 1.165) is 24.8 Å². The fourth-order valence-corrected chi connectivity index (χ4v) is 5.37. The maximum absolute atomic E-state index is 12.5. The molecule has 2 aliphatic carbocycles. The second-order valence-corrected chi connectivity index (χ2v) is 9.07. The maximum atomic E-state index is 12.5. The van der Waals surface area contributed by atoms with Gasteiger partial charge in [-0.1, -0.05) is 79.9 Å². The first-order valence-corrected chi connectivity index (χ1v) is 11.9. The van der Waals surface area contributed by atoms with Gasteiger partial charge in [-0.15, -0.1) is 24.8 Å². The lowest BCUT2D eigenvalue weighted by Gasteiger charge is -2.36. The zero-order valence-electron chi connectivity index (χ0n) is 21.5. The summed E-state index contributed by atoms with van der Waals surface area (Å²) in [7, 11) is 3.52. The molecule has 4 rings (SSSR count). The van der Waals surface area contributed by atoms with Crippen LogP contribution in [0, 0.1) is 0 Å². The third kappa shape index (κ3) is 7.00. The third-order valence-corrected chi connectivity index (χ3v) is 7.26. The van der Waals surface area contributed by atoms with Gasteiger partial charge in [-0.3, -0.25) is 9.59 Å². The normalized spacial score (nSPS) is 25.8. The van der Waals surface area contributed by atoms with Crippen molar-refractivity contribution < 1.29 is 12.3 Å². The molecule has 8 heteroatoms. The van der Waals surface area contributed by atoms with Crippen molar-refractivity contribution >= 4 is 59.6 Å². The van der Waals surface area contributed by atoms with Gasteiger partial charge in [0, 0.05) is 25.6 Å². The molecule has 0 radical (unpaired) electrons. The van der Waals surface area contributed by atoms with Crippen LogP contribution in [0.2, 0.25) is 10.0 Å². The Kier molecular flexibility index (Phi) is 13.1. The van der Waals surface area contributed by atoms with E-state index in [4.69, 9.17) is 25.9 Å². The van der Waals surface area contributed by atoms with Gasteiger partial charge in [0.05, 0.1) is 0 Å². The molecule has 2 aromatic rings. The monoisotopic (exact) mass is 564 g/mol. The zero-order valence-corrected chi connectivity index (χ0v) is 22.6. The van der Waals surface area contributed by atoms with E-state index in [1.54, 1.807) is 25.2 Å². The van der Waals surface area contributed by atoms with E-state index in [1.165, 1.54) is 0 Å². The number of hydrogen-bond acceptors (Lipinski definition) is 4. The smallest absolute Gasteiger partial charge is 0.157 e. The van der Waals surface area contributed by atoms with Crippen LogP contribution >= 0.6 is 48.0 Å². The largest absolute Gasteiger partial charge is 0.304 e. The first-order chi connectivity index (χ1) is 16.1. The number of likely N-dealkylation sites (N-methyl/N-ethyl adjacent to an activating group) is 2. The van der Waals surface area contributed by atoms with E-state index < -0.39 is 23.2 Å². The second kappa shape index (κ2) is 15.2. The van der Waals surface area contributed by atoms with E-state index in [-0.39, 0.29) is 44.4 Å². The van der Waals surface area contributed by atoms with Crippen molar-refractivity contribution in [1.29, 1.82) is 0 Å². The summed E-state index contributed by atoms with van der Waals surface area (Å²) >= 11 is 12.4. The number of nitrogens with one attached hydrogen (secondary N) is 2. The number of rotatable bonds is 4. The standard InChI is InChI=1S/2C13H16ClNO.CH4.2ClH/c2*1-15-13(9-5-4-8-12(13)16)10-6-2-3-7-11(10)14;;;/h2*2-3,6-7,15H,4-5,8-9H2,1H3;1H4;2*1H/i8D2;;;;. The molecule has 35 heavy (non-hydrogen) atoms. The minimum Gasteiger partial charge on any atom is -0.304 e. The number of carbonyl (C=O) groups is 2. The summed E-state index contributed by atoms with van der Waals surface area (Å²) in [5.41, 5.74) is 0.0306. The van der Waals surface area contributed by atoms with Gasteiger partial charge in [0.1, 0.15) is 11.1 Å². The van der Waals surface area contributed by atoms with Crippen molar-refractivity contribution in [3.05, 3.63) is 69.7 Å². The lowest BCUT2D eigenvalue weighted by atomic mass is 9.75. The Morgan fingerprint density at radius 2 is 1.17 bits per heavy atom. The molecule has 0 saturated heterocycles. The van der Waals surface area contributed by atoms with Gasteiger partial charge in [-0.2, -0.15) is 0 Å². The van der Waals surface area contributed by atoms with Crippen LogP contribution < -0.4 is 10.6 Å². The molecule has 0 heterocycles. The van der Waals surface area contributed by atoms with Crippen LogP contribution in [-0.4, -0.2) is 25.7 Å². The van der Waals surface area contributed by atoms with Crippen molar-refractivity contribution in [2.45, 2.75) is 69.8 Å². The van der Waals surface area contributed by atoms with Crippen LogP contribution in [0.3, 0.4) is 0 Å². The molecule has 0 aliphatic heterocycles. The number of hydrogen-bond donors (Lipinski definition) is 2. The average molecular weight is 566 g/mol. The molecule has 0 bridgehead atoms. The van der Waals surface area contributed by atoms with Crippen LogP contribution in [0.1, 0.15) is 72.6 Å². The molecule has 2 atom stereocenters. The highest BCUT2D eigenvalue weighted by Gasteiger charge is 2.42. The third-order valence-electron chi connectivity index (χ3n) is 6.60. The number of ketones is 2. The van der Waals surface area contributed by atoms with E-state index in [2.05, 4.69) is 10.6 Å². The topological polar surface area (TPSA) is 58.2 Å². The zero-order chi connectivity index (χ0) is 25.0.